The van der Waals surface area contributed by atoms with E-state index in [1.165, 1.54) is 0 Å². The van der Waals surface area contributed by atoms with E-state index in [1.54, 1.807) is 24.3 Å². The van der Waals surface area contributed by atoms with Crippen LogP contribution in [0, 0.1) is 11.8 Å². The number of anilines is 2. The molecule has 1 aromatic rings. The van der Waals surface area contributed by atoms with E-state index in [-0.39, 0.29) is 30.1 Å². The molecule has 7 heteroatoms. The quantitative estimate of drug-likeness (QED) is 0.817. The lowest BCUT2D eigenvalue weighted by Gasteiger charge is -2.15. The number of carbonyl (C=O) groups excluding carboxylic acids is 3. The van der Waals surface area contributed by atoms with E-state index in [1.807, 2.05) is 18.7 Å². The maximum absolute atomic E-state index is 12.5. The lowest BCUT2D eigenvalue weighted by Crippen LogP contribution is -2.29. The van der Waals surface area contributed by atoms with Gasteiger partial charge in [0.05, 0.1) is 12.5 Å². The summed E-state index contributed by atoms with van der Waals surface area (Å²) in [5, 5.41) is 5.48. The van der Waals surface area contributed by atoms with Crippen molar-refractivity contribution < 1.29 is 19.1 Å². The highest BCUT2D eigenvalue weighted by molar-refractivity contribution is 5.98. The molecule has 1 saturated heterocycles. The van der Waals surface area contributed by atoms with Gasteiger partial charge in [-0.1, -0.05) is 19.9 Å². The van der Waals surface area contributed by atoms with Crippen LogP contribution in [0.3, 0.4) is 0 Å². The van der Waals surface area contributed by atoms with Crippen LogP contribution in [0.4, 0.5) is 16.2 Å². The molecule has 1 saturated carbocycles. The van der Waals surface area contributed by atoms with Crippen LogP contribution in [-0.4, -0.2) is 42.0 Å². The first kappa shape index (κ1) is 18.2. The zero-order valence-electron chi connectivity index (χ0n) is 15.2. The van der Waals surface area contributed by atoms with Crippen molar-refractivity contribution in [1.29, 1.82) is 0 Å². The van der Waals surface area contributed by atoms with E-state index in [0.717, 1.165) is 12.8 Å². The van der Waals surface area contributed by atoms with Gasteiger partial charge in [0.1, 0.15) is 0 Å². The van der Waals surface area contributed by atoms with Crippen LogP contribution < -0.4 is 10.6 Å². The van der Waals surface area contributed by atoms with E-state index >= 15 is 0 Å². The molecule has 3 rings (SSSR count). The smallest absolute Gasteiger partial charge is 0.411 e. The second-order valence-corrected chi connectivity index (χ2v) is 7.37. The van der Waals surface area contributed by atoms with Gasteiger partial charge >= 0.3 is 6.09 Å². The Kier molecular flexibility index (Phi) is 5.44. The van der Waals surface area contributed by atoms with Crippen LogP contribution >= 0.6 is 0 Å². The zero-order chi connectivity index (χ0) is 18.7. The van der Waals surface area contributed by atoms with Crippen LogP contribution in [0.2, 0.25) is 0 Å². The normalized spacial score (nSPS) is 19.6. The number of benzene rings is 1. The van der Waals surface area contributed by atoms with Crippen LogP contribution in [0.5, 0.6) is 0 Å². The molecule has 0 radical (unpaired) electrons. The van der Waals surface area contributed by atoms with Crippen LogP contribution in [-0.2, 0) is 14.3 Å². The van der Waals surface area contributed by atoms with Gasteiger partial charge in [-0.2, -0.15) is 0 Å². The molecule has 3 amide bonds. The third-order valence-corrected chi connectivity index (χ3v) is 4.44. The maximum atomic E-state index is 12.5. The fourth-order valence-corrected chi connectivity index (χ4v) is 2.96. The van der Waals surface area contributed by atoms with Crippen molar-refractivity contribution in [3.63, 3.8) is 0 Å². The third-order valence-electron chi connectivity index (χ3n) is 4.44. The monoisotopic (exact) mass is 359 g/mol. The number of nitrogens with one attached hydrogen (secondary N) is 2. The van der Waals surface area contributed by atoms with Crippen molar-refractivity contribution in [1.82, 2.24) is 4.90 Å². The summed E-state index contributed by atoms with van der Waals surface area (Å²) in [6.07, 6.45) is 1.83. The van der Waals surface area contributed by atoms with Gasteiger partial charge in [0.15, 0.2) is 0 Å². The summed E-state index contributed by atoms with van der Waals surface area (Å²) in [7, 11) is 0. The van der Waals surface area contributed by atoms with Gasteiger partial charge in [0.2, 0.25) is 11.8 Å². The Morgan fingerprint density at radius 1 is 1.23 bits per heavy atom. The zero-order valence-corrected chi connectivity index (χ0v) is 15.2. The minimum absolute atomic E-state index is 0.0657. The average Bonchev–Trinajstić information content (AvgIpc) is 3.35. The number of likely N-dealkylation sites (tertiary alicyclic amines) is 1. The predicted octanol–water partition coefficient (Wildman–Crippen LogP) is 2.84. The number of nitrogens with zero attached hydrogens (tertiary/aromatic N) is 1. The molecular formula is C19H25N3O4. The first-order chi connectivity index (χ1) is 12.4. The van der Waals surface area contributed by atoms with E-state index in [0.29, 0.717) is 30.6 Å². The molecule has 26 heavy (non-hydrogen) atoms. The van der Waals surface area contributed by atoms with Crippen LogP contribution in [0.1, 0.15) is 33.1 Å². The molecule has 140 valence electrons. The molecule has 0 unspecified atom stereocenters. The first-order valence-electron chi connectivity index (χ1n) is 9.06. The summed E-state index contributed by atoms with van der Waals surface area (Å²) < 4.78 is 5.08. The average molecular weight is 359 g/mol. The molecule has 0 bridgehead atoms. The van der Waals surface area contributed by atoms with E-state index < -0.39 is 6.09 Å². The van der Waals surface area contributed by atoms with Crippen molar-refractivity contribution in [2.75, 3.05) is 23.8 Å². The number of amides is 3. The van der Waals surface area contributed by atoms with Crippen LogP contribution in [0.25, 0.3) is 0 Å². The summed E-state index contributed by atoms with van der Waals surface area (Å²) >= 11 is 0. The Hall–Kier alpha value is -2.57. The summed E-state index contributed by atoms with van der Waals surface area (Å²) in [6, 6.07) is 7.22. The summed E-state index contributed by atoms with van der Waals surface area (Å²) in [4.78, 5) is 38.0. The molecule has 2 N–H and O–H groups in total. The first-order valence-corrected chi connectivity index (χ1v) is 9.06. The molecule has 2 fully saturated rings. The highest BCUT2D eigenvalue weighted by Gasteiger charge is 2.41. The molecule has 1 heterocycles. The Labute approximate surface area is 153 Å². The highest BCUT2D eigenvalue weighted by Crippen LogP contribution is 2.33. The lowest BCUT2D eigenvalue weighted by molar-refractivity contribution is -0.128. The van der Waals surface area contributed by atoms with Crippen molar-refractivity contribution in [2.24, 2.45) is 11.8 Å². The number of rotatable bonds is 6. The fourth-order valence-electron chi connectivity index (χ4n) is 2.96. The Morgan fingerprint density at radius 3 is 2.58 bits per heavy atom. The summed E-state index contributed by atoms with van der Waals surface area (Å²) in [6.45, 7) is 4.76. The van der Waals surface area contributed by atoms with Gasteiger partial charge in [-0.05, 0) is 37.0 Å². The van der Waals surface area contributed by atoms with E-state index in [9.17, 15) is 14.4 Å². The molecule has 1 atom stereocenters. The number of hydrogen-bond acceptors (Lipinski definition) is 4. The van der Waals surface area contributed by atoms with Crippen molar-refractivity contribution in [3.05, 3.63) is 24.3 Å². The fraction of sp³-hybridized carbons (Fsp3) is 0.526. The standard InChI is InChI=1S/C19H25N3O4/c1-12(2)11-26-19(25)21-15-5-3-4-14(9-15)20-18(24)13-8-17(23)22(10-13)16-6-7-16/h3-5,9,12-13,16H,6-8,10-11H2,1-2H3,(H,20,24)(H,21,25)/t13-/m1/s1. The van der Waals surface area contributed by atoms with Crippen molar-refractivity contribution in [3.8, 4) is 0 Å². The third kappa shape index (κ3) is 4.74. The number of hydrogen-bond donors (Lipinski definition) is 2. The van der Waals surface area contributed by atoms with Gasteiger partial charge in [-0.15, -0.1) is 0 Å². The Bertz CT molecular complexity index is 700. The van der Waals surface area contributed by atoms with E-state index in [4.69, 9.17) is 4.74 Å². The minimum atomic E-state index is -0.524. The van der Waals surface area contributed by atoms with Gasteiger partial charge in [-0.25, -0.2) is 4.79 Å². The second-order valence-electron chi connectivity index (χ2n) is 7.37. The largest absolute Gasteiger partial charge is 0.449 e. The summed E-state index contributed by atoms with van der Waals surface area (Å²) in [5.41, 5.74) is 1.12. The molecule has 2 aliphatic rings. The Balaban J connectivity index is 1.54. The second kappa shape index (κ2) is 7.76. The maximum Gasteiger partial charge on any atom is 0.411 e. The van der Waals surface area contributed by atoms with Gasteiger partial charge < -0.3 is 15.0 Å². The lowest BCUT2D eigenvalue weighted by atomic mass is 10.1. The molecule has 1 aliphatic heterocycles. The van der Waals surface area contributed by atoms with Gasteiger partial charge in [0.25, 0.3) is 0 Å². The highest BCUT2D eigenvalue weighted by atomic mass is 16.5. The molecule has 1 aliphatic carbocycles. The van der Waals surface area contributed by atoms with Gasteiger partial charge in [-0.3, -0.25) is 14.9 Å². The van der Waals surface area contributed by atoms with E-state index in [2.05, 4.69) is 10.6 Å². The van der Waals surface area contributed by atoms with Crippen molar-refractivity contribution >= 4 is 29.3 Å². The molecular weight excluding hydrogens is 334 g/mol. The number of carbonyl (C=O) groups is 3. The number of ether oxygens (including phenoxy) is 1. The Morgan fingerprint density at radius 2 is 1.92 bits per heavy atom. The molecule has 7 nitrogen and oxygen atoms in total. The minimum Gasteiger partial charge on any atom is -0.449 e. The molecule has 1 aromatic carbocycles. The molecule has 0 aromatic heterocycles. The SMILES string of the molecule is CC(C)COC(=O)Nc1cccc(NC(=O)[C@@H]2CC(=O)N(C3CC3)C2)c1. The molecule has 0 spiro atoms. The summed E-state index contributed by atoms with van der Waals surface area (Å²) in [5.74, 6) is -0.163. The van der Waals surface area contributed by atoms with Gasteiger partial charge in [0, 0.05) is 30.4 Å². The van der Waals surface area contributed by atoms with Crippen LogP contribution in [0.15, 0.2) is 24.3 Å². The van der Waals surface area contributed by atoms with Crippen molar-refractivity contribution in [2.45, 2.75) is 39.2 Å². The topological polar surface area (TPSA) is 87.7 Å². The predicted molar refractivity (Wildman–Crippen MR) is 97.7 cm³/mol.